The molecule has 0 atom stereocenters. The van der Waals surface area contributed by atoms with E-state index in [2.05, 4.69) is 19.8 Å². The number of anilines is 1. The minimum atomic E-state index is 0.505. The van der Waals surface area contributed by atoms with Crippen LogP contribution in [-0.4, -0.2) is 71.9 Å². The van der Waals surface area contributed by atoms with E-state index >= 15 is 0 Å². The van der Waals surface area contributed by atoms with Gasteiger partial charge in [0.1, 0.15) is 0 Å². The fourth-order valence-corrected chi connectivity index (χ4v) is 2.39. The lowest BCUT2D eigenvalue weighted by Crippen LogP contribution is -2.47. The molecule has 7 heteroatoms. The monoisotopic (exact) mass is 291 g/mol. The molecule has 114 valence electrons. The lowest BCUT2D eigenvalue weighted by molar-refractivity contribution is -0.129. The highest BCUT2D eigenvalue weighted by Crippen LogP contribution is 2.10. The van der Waals surface area contributed by atoms with Crippen LogP contribution in [0.25, 0.3) is 0 Å². The molecule has 0 bridgehead atoms. The zero-order valence-electron chi connectivity index (χ0n) is 12.1. The van der Waals surface area contributed by atoms with E-state index in [4.69, 9.17) is 0 Å². The van der Waals surface area contributed by atoms with Crippen LogP contribution in [0, 0.1) is 0 Å². The van der Waals surface area contributed by atoms with E-state index in [0.717, 1.165) is 56.4 Å². The molecule has 2 heterocycles. The summed E-state index contributed by atoms with van der Waals surface area (Å²) in [6.45, 7) is 5.34. The summed E-state index contributed by atoms with van der Waals surface area (Å²) >= 11 is 0. The molecule has 0 unspecified atom stereocenters. The van der Waals surface area contributed by atoms with Gasteiger partial charge in [-0.3, -0.25) is 19.4 Å². The average Bonchev–Trinajstić information content (AvgIpc) is 2.56. The van der Waals surface area contributed by atoms with Crippen molar-refractivity contribution in [3.8, 4) is 0 Å². The van der Waals surface area contributed by atoms with Crippen LogP contribution in [0.4, 0.5) is 5.95 Å². The Kier molecular flexibility index (Phi) is 6.08. The summed E-state index contributed by atoms with van der Waals surface area (Å²) in [7, 11) is 0. The quantitative estimate of drug-likeness (QED) is 0.496. The van der Waals surface area contributed by atoms with Crippen LogP contribution in [0.5, 0.6) is 0 Å². The van der Waals surface area contributed by atoms with Crippen LogP contribution in [-0.2, 0) is 9.59 Å². The number of unbranched alkanes of at least 4 members (excludes halogenated alkanes) is 1. The molecule has 1 aromatic heterocycles. The molecular weight excluding hydrogens is 270 g/mol. The Hall–Kier alpha value is -2.02. The van der Waals surface area contributed by atoms with E-state index < -0.39 is 0 Å². The number of carbonyl (C=O) groups is 2. The van der Waals surface area contributed by atoms with Crippen molar-refractivity contribution in [2.45, 2.75) is 12.8 Å². The smallest absolute Gasteiger partial charge is 0.225 e. The van der Waals surface area contributed by atoms with E-state index in [1.165, 1.54) is 0 Å². The van der Waals surface area contributed by atoms with Gasteiger partial charge in [0.2, 0.25) is 18.8 Å². The zero-order valence-corrected chi connectivity index (χ0v) is 12.1. The molecule has 0 aliphatic carbocycles. The number of nitrogens with zero attached hydrogens (tertiary/aromatic N) is 5. The number of hydrogen-bond acceptors (Lipinski definition) is 6. The number of aromatic nitrogens is 2. The summed E-state index contributed by atoms with van der Waals surface area (Å²) in [4.78, 5) is 35.2. The van der Waals surface area contributed by atoms with Crippen molar-refractivity contribution in [2.75, 3.05) is 44.2 Å². The van der Waals surface area contributed by atoms with Crippen LogP contribution < -0.4 is 4.90 Å². The van der Waals surface area contributed by atoms with Crippen molar-refractivity contribution in [1.82, 2.24) is 19.8 Å². The maximum atomic E-state index is 10.5. The third-order valence-corrected chi connectivity index (χ3v) is 3.62. The van der Waals surface area contributed by atoms with E-state index in [-0.39, 0.29) is 0 Å². The predicted molar refractivity (Wildman–Crippen MR) is 78.8 cm³/mol. The van der Waals surface area contributed by atoms with Crippen LogP contribution in [0.3, 0.4) is 0 Å². The zero-order chi connectivity index (χ0) is 14.9. The topological polar surface area (TPSA) is 69.6 Å². The summed E-state index contributed by atoms with van der Waals surface area (Å²) in [5.74, 6) is 0.796. The Morgan fingerprint density at radius 1 is 1.05 bits per heavy atom. The molecule has 21 heavy (non-hydrogen) atoms. The lowest BCUT2D eigenvalue weighted by atomic mass is 10.2. The summed E-state index contributed by atoms with van der Waals surface area (Å²) < 4.78 is 0. The predicted octanol–water partition coefficient (Wildman–Crippen LogP) is -0.00640. The first-order chi connectivity index (χ1) is 10.3. The fourth-order valence-electron chi connectivity index (χ4n) is 2.39. The first kappa shape index (κ1) is 15.4. The van der Waals surface area contributed by atoms with Crippen molar-refractivity contribution >= 4 is 18.8 Å². The molecule has 1 saturated heterocycles. The minimum Gasteiger partial charge on any atom is -0.338 e. The molecule has 1 aliphatic heterocycles. The summed E-state index contributed by atoms with van der Waals surface area (Å²) in [6, 6.07) is 1.82. The third-order valence-electron chi connectivity index (χ3n) is 3.62. The van der Waals surface area contributed by atoms with Gasteiger partial charge in [-0.1, -0.05) is 0 Å². The van der Waals surface area contributed by atoms with Crippen molar-refractivity contribution in [2.24, 2.45) is 0 Å². The van der Waals surface area contributed by atoms with Gasteiger partial charge < -0.3 is 4.90 Å². The highest BCUT2D eigenvalue weighted by atomic mass is 16.2. The Morgan fingerprint density at radius 2 is 1.71 bits per heavy atom. The highest BCUT2D eigenvalue weighted by Gasteiger charge is 2.18. The van der Waals surface area contributed by atoms with Gasteiger partial charge in [0, 0.05) is 45.1 Å². The summed E-state index contributed by atoms with van der Waals surface area (Å²) in [5.41, 5.74) is 0. The Bertz CT molecular complexity index is 426. The van der Waals surface area contributed by atoms with Crippen molar-refractivity contribution < 1.29 is 9.59 Å². The number of piperazine rings is 1. The van der Waals surface area contributed by atoms with Gasteiger partial charge in [-0.05, 0) is 25.5 Å². The molecule has 0 aromatic carbocycles. The van der Waals surface area contributed by atoms with Crippen molar-refractivity contribution in [3.63, 3.8) is 0 Å². The number of imide groups is 1. The molecule has 0 radical (unpaired) electrons. The maximum Gasteiger partial charge on any atom is 0.225 e. The van der Waals surface area contributed by atoms with Crippen molar-refractivity contribution in [1.29, 1.82) is 0 Å². The van der Waals surface area contributed by atoms with Gasteiger partial charge in [0.25, 0.3) is 0 Å². The molecule has 0 spiro atoms. The Balaban J connectivity index is 1.63. The summed E-state index contributed by atoms with van der Waals surface area (Å²) in [5, 5.41) is 0. The number of amides is 2. The summed E-state index contributed by atoms with van der Waals surface area (Å²) in [6.07, 6.45) is 6.51. The number of hydrogen-bond donors (Lipinski definition) is 0. The molecule has 1 aliphatic rings. The van der Waals surface area contributed by atoms with Crippen molar-refractivity contribution in [3.05, 3.63) is 18.5 Å². The first-order valence-corrected chi connectivity index (χ1v) is 7.24. The van der Waals surface area contributed by atoms with E-state index in [0.29, 0.717) is 19.4 Å². The molecule has 1 aromatic rings. The molecule has 0 saturated carbocycles. The van der Waals surface area contributed by atoms with Crippen LogP contribution in [0.15, 0.2) is 18.5 Å². The van der Waals surface area contributed by atoms with E-state index in [1.807, 2.05) is 6.07 Å². The van der Waals surface area contributed by atoms with Crippen LogP contribution in [0.2, 0.25) is 0 Å². The third kappa shape index (κ3) is 4.78. The Labute approximate surface area is 124 Å². The minimum absolute atomic E-state index is 0.505. The molecule has 2 amide bonds. The standard InChI is InChI=1S/C14H21N5O2/c20-12-18(13-21)7-2-1-6-17-8-10-19(11-9-17)14-15-4-3-5-16-14/h3-5,12-13H,1-2,6-11H2. The molecule has 2 rings (SSSR count). The Morgan fingerprint density at radius 3 is 2.33 bits per heavy atom. The normalized spacial score (nSPS) is 15.7. The first-order valence-electron chi connectivity index (χ1n) is 7.24. The second kappa shape index (κ2) is 8.31. The van der Waals surface area contributed by atoms with Gasteiger partial charge in [-0.25, -0.2) is 9.97 Å². The second-order valence-corrected chi connectivity index (χ2v) is 5.03. The molecular formula is C14H21N5O2. The highest BCUT2D eigenvalue weighted by molar-refractivity contribution is 5.68. The SMILES string of the molecule is O=CN(C=O)CCCCN1CCN(c2ncccn2)CC1. The van der Waals surface area contributed by atoms with Gasteiger partial charge >= 0.3 is 0 Å². The van der Waals surface area contributed by atoms with Gasteiger partial charge in [0.05, 0.1) is 0 Å². The molecule has 7 nitrogen and oxygen atoms in total. The molecule has 0 N–H and O–H groups in total. The van der Waals surface area contributed by atoms with Crippen LogP contribution >= 0.6 is 0 Å². The number of rotatable bonds is 8. The molecule has 1 fully saturated rings. The number of carbonyl (C=O) groups excluding carboxylic acids is 2. The fraction of sp³-hybridized carbons (Fsp3) is 0.571. The lowest BCUT2D eigenvalue weighted by Gasteiger charge is -2.34. The van der Waals surface area contributed by atoms with E-state index in [9.17, 15) is 9.59 Å². The van der Waals surface area contributed by atoms with Gasteiger partial charge in [-0.15, -0.1) is 0 Å². The second-order valence-electron chi connectivity index (χ2n) is 5.03. The largest absolute Gasteiger partial charge is 0.338 e. The van der Waals surface area contributed by atoms with Gasteiger partial charge in [-0.2, -0.15) is 0 Å². The van der Waals surface area contributed by atoms with Gasteiger partial charge in [0.15, 0.2) is 0 Å². The average molecular weight is 291 g/mol. The van der Waals surface area contributed by atoms with Crippen LogP contribution in [0.1, 0.15) is 12.8 Å². The maximum absolute atomic E-state index is 10.5. The van der Waals surface area contributed by atoms with E-state index in [1.54, 1.807) is 12.4 Å².